The van der Waals surface area contributed by atoms with Gasteiger partial charge in [-0.25, -0.2) is 14.4 Å². The molecule has 144 valence electrons. The highest BCUT2D eigenvalue weighted by Gasteiger charge is 2.60. The van der Waals surface area contributed by atoms with Crippen LogP contribution in [0.4, 0.5) is 10.3 Å². The Morgan fingerprint density at radius 2 is 2.00 bits per heavy atom. The molecule has 0 bridgehead atoms. The molecule has 0 saturated heterocycles. The molecular formula is C19H16BrFN4O3. The van der Waals surface area contributed by atoms with E-state index in [4.69, 9.17) is 0 Å². The summed E-state index contributed by atoms with van der Waals surface area (Å²) in [5.74, 6) is -2.17. The summed E-state index contributed by atoms with van der Waals surface area (Å²) >= 11 is 3.39. The zero-order valence-corrected chi connectivity index (χ0v) is 16.5. The van der Waals surface area contributed by atoms with Gasteiger partial charge in [-0.15, -0.1) is 0 Å². The lowest BCUT2D eigenvalue weighted by atomic mass is 9.84. The summed E-state index contributed by atoms with van der Waals surface area (Å²) in [6, 6.07) is 4.22. The lowest BCUT2D eigenvalue weighted by molar-refractivity contribution is -0.138. The molecule has 3 amide bonds. The van der Waals surface area contributed by atoms with E-state index in [2.05, 4.69) is 31.2 Å². The molecule has 4 rings (SSSR count). The van der Waals surface area contributed by atoms with E-state index in [0.717, 1.165) is 21.8 Å². The lowest BCUT2D eigenvalue weighted by Gasteiger charge is -2.36. The van der Waals surface area contributed by atoms with Crippen LogP contribution in [0.25, 0.3) is 0 Å². The topological polar surface area (TPSA) is 92.3 Å². The molecule has 1 unspecified atom stereocenters. The van der Waals surface area contributed by atoms with Crippen LogP contribution in [0.15, 0.2) is 35.1 Å². The maximum atomic E-state index is 13.2. The predicted molar refractivity (Wildman–Crippen MR) is 101 cm³/mol. The minimum atomic E-state index is -1.01. The van der Waals surface area contributed by atoms with Crippen LogP contribution in [0.5, 0.6) is 0 Å². The number of hydrogen-bond acceptors (Lipinski definition) is 5. The number of amides is 3. The average molecular weight is 447 g/mol. The number of rotatable bonds is 4. The van der Waals surface area contributed by atoms with E-state index < -0.39 is 29.1 Å². The molecule has 1 spiro atoms. The first-order chi connectivity index (χ1) is 13.4. The van der Waals surface area contributed by atoms with Crippen molar-refractivity contribution in [2.45, 2.75) is 37.6 Å². The van der Waals surface area contributed by atoms with Crippen molar-refractivity contribution < 1.29 is 18.8 Å². The second-order valence-electron chi connectivity index (χ2n) is 6.89. The summed E-state index contributed by atoms with van der Waals surface area (Å²) in [4.78, 5) is 47.5. The van der Waals surface area contributed by atoms with Gasteiger partial charge in [0.25, 0.3) is 5.91 Å². The maximum absolute atomic E-state index is 13.2. The van der Waals surface area contributed by atoms with Crippen LogP contribution in [0.2, 0.25) is 0 Å². The number of carbonyl (C=O) groups excluding carboxylic acids is 3. The van der Waals surface area contributed by atoms with Gasteiger partial charge in [-0.2, -0.15) is 0 Å². The number of nitrogens with one attached hydrogen (secondary N) is 1. The maximum Gasteiger partial charge on any atom is 0.261 e. The standard InChI is InChI=1S/C19H16BrFN4O3/c1-2-14(15(26)24-18-22-8-11(21)9-23-18)25-16(27)12-4-3-10(20)7-13(12)19(5-6-19)17(25)28/h3-4,7-9,14H,2,5-6H2,1H3,(H,22,23,24,26). The second kappa shape index (κ2) is 6.73. The fraction of sp³-hybridized carbons (Fsp3) is 0.316. The number of carbonyl (C=O) groups is 3. The smallest absolute Gasteiger partial charge is 0.261 e. The molecule has 1 fully saturated rings. The number of aromatic nitrogens is 2. The molecule has 1 aliphatic heterocycles. The summed E-state index contributed by atoms with van der Waals surface area (Å²) in [5, 5.41) is 2.46. The third-order valence-electron chi connectivity index (χ3n) is 5.18. The number of fused-ring (bicyclic) bond motifs is 2. The zero-order chi connectivity index (χ0) is 20.1. The van der Waals surface area contributed by atoms with E-state index >= 15 is 0 Å². The van der Waals surface area contributed by atoms with Crippen LogP contribution in [0.3, 0.4) is 0 Å². The van der Waals surface area contributed by atoms with Crippen LogP contribution < -0.4 is 5.32 Å². The van der Waals surface area contributed by atoms with E-state index in [-0.39, 0.29) is 18.3 Å². The Labute approximate surface area is 168 Å². The molecule has 1 aromatic carbocycles. The molecule has 7 nitrogen and oxygen atoms in total. The predicted octanol–water partition coefficient (Wildman–Crippen LogP) is 2.81. The van der Waals surface area contributed by atoms with Gasteiger partial charge < -0.3 is 0 Å². The Balaban J connectivity index is 1.67. The first kappa shape index (κ1) is 18.7. The fourth-order valence-electron chi connectivity index (χ4n) is 3.61. The first-order valence-electron chi connectivity index (χ1n) is 8.84. The average Bonchev–Trinajstić information content (AvgIpc) is 3.47. The molecule has 1 saturated carbocycles. The molecule has 2 heterocycles. The van der Waals surface area contributed by atoms with Gasteiger partial charge in [-0.1, -0.05) is 22.9 Å². The quantitative estimate of drug-likeness (QED) is 0.728. The molecule has 1 atom stereocenters. The minimum Gasteiger partial charge on any atom is -0.293 e. The Hall–Kier alpha value is -2.68. The Bertz CT molecular complexity index is 991. The van der Waals surface area contributed by atoms with Crippen molar-refractivity contribution in [1.82, 2.24) is 14.9 Å². The molecule has 28 heavy (non-hydrogen) atoms. The van der Waals surface area contributed by atoms with E-state index in [0.29, 0.717) is 24.0 Å². The molecule has 1 aromatic heterocycles. The van der Waals surface area contributed by atoms with Gasteiger partial charge in [-0.05, 0) is 43.0 Å². The Kier molecular flexibility index (Phi) is 4.49. The first-order valence-corrected chi connectivity index (χ1v) is 9.63. The molecule has 0 radical (unpaired) electrons. The summed E-state index contributed by atoms with van der Waals surface area (Å²) < 4.78 is 13.8. The van der Waals surface area contributed by atoms with Crippen molar-refractivity contribution in [3.05, 3.63) is 52.0 Å². The van der Waals surface area contributed by atoms with Crippen molar-refractivity contribution in [2.75, 3.05) is 5.32 Å². The number of anilines is 1. The number of hydrogen-bond donors (Lipinski definition) is 1. The van der Waals surface area contributed by atoms with Crippen molar-refractivity contribution in [3.8, 4) is 0 Å². The van der Waals surface area contributed by atoms with Crippen molar-refractivity contribution in [3.63, 3.8) is 0 Å². The van der Waals surface area contributed by atoms with Crippen LogP contribution in [-0.2, 0) is 15.0 Å². The highest BCUT2D eigenvalue weighted by molar-refractivity contribution is 9.10. The summed E-state index contributed by atoms with van der Waals surface area (Å²) in [6.07, 6.45) is 3.35. The monoisotopic (exact) mass is 446 g/mol. The van der Waals surface area contributed by atoms with E-state index in [1.54, 1.807) is 19.1 Å². The molecule has 1 aliphatic carbocycles. The van der Waals surface area contributed by atoms with Gasteiger partial charge >= 0.3 is 0 Å². The second-order valence-corrected chi connectivity index (χ2v) is 7.81. The number of halogens is 2. The third kappa shape index (κ3) is 2.90. The highest BCUT2D eigenvalue weighted by Crippen LogP contribution is 2.54. The number of benzene rings is 1. The van der Waals surface area contributed by atoms with Crippen molar-refractivity contribution in [2.24, 2.45) is 0 Å². The lowest BCUT2D eigenvalue weighted by Crippen LogP contribution is -2.56. The normalized spacial score (nSPS) is 18.0. The van der Waals surface area contributed by atoms with Gasteiger partial charge in [0.15, 0.2) is 5.82 Å². The van der Waals surface area contributed by atoms with E-state index in [9.17, 15) is 18.8 Å². The van der Waals surface area contributed by atoms with Crippen LogP contribution >= 0.6 is 15.9 Å². The van der Waals surface area contributed by atoms with Crippen molar-refractivity contribution in [1.29, 1.82) is 0 Å². The van der Waals surface area contributed by atoms with E-state index in [1.807, 2.05) is 6.07 Å². The number of imide groups is 1. The fourth-order valence-corrected chi connectivity index (χ4v) is 3.97. The Morgan fingerprint density at radius 3 is 2.61 bits per heavy atom. The SMILES string of the molecule is CCC(C(=O)Nc1ncc(F)cn1)N1C(=O)c2ccc(Br)cc2C2(CC2)C1=O. The Morgan fingerprint density at radius 1 is 1.32 bits per heavy atom. The summed E-state index contributed by atoms with van der Waals surface area (Å²) in [7, 11) is 0. The van der Waals surface area contributed by atoms with E-state index in [1.165, 1.54) is 0 Å². The molecule has 2 aromatic rings. The molecule has 9 heteroatoms. The molecule has 1 N–H and O–H groups in total. The summed E-state index contributed by atoms with van der Waals surface area (Å²) in [6.45, 7) is 1.72. The van der Waals surface area contributed by atoms with Gasteiger partial charge in [0.05, 0.1) is 17.8 Å². The van der Waals surface area contributed by atoms with Gasteiger partial charge in [0.1, 0.15) is 6.04 Å². The number of nitrogens with zero attached hydrogens (tertiary/aromatic N) is 3. The van der Waals surface area contributed by atoms with Crippen molar-refractivity contribution >= 4 is 39.6 Å². The van der Waals surface area contributed by atoms with Gasteiger partial charge in [-0.3, -0.25) is 24.6 Å². The largest absolute Gasteiger partial charge is 0.293 e. The third-order valence-corrected chi connectivity index (χ3v) is 5.67. The minimum absolute atomic E-state index is 0.0905. The van der Waals surface area contributed by atoms with Crippen LogP contribution in [-0.4, -0.2) is 38.6 Å². The molecule has 2 aliphatic rings. The molecular weight excluding hydrogens is 431 g/mol. The van der Waals surface area contributed by atoms with Gasteiger partial charge in [0.2, 0.25) is 17.8 Å². The van der Waals surface area contributed by atoms with Crippen LogP contribution in [0, 0.1) is 5.82 Å². The van der Waals surface area contributed by atoms with Gasteiger partial charge in [0, 0.05) is 10.0 Å². The zero-order valence-electron chi connectivity index (χ0n) is 14.9. The summed E-state index contributed by atoms with van der Waals surface area (Å²) in [5.41, 5.74) is 0.405. The van der Waals surface area contributed by atoms with Crippen LogP contribution in [0.1, 0.15) is 42.1 Å². The highest BCUT2D eigenvalue weighted by atomic mass is 79.9.